The quantitative estimate of drug-likeness (QED) is 0.460. The Labute approximate surface area is 112 Å². The number of methoxy groups -OCH3 is 1. The molecule has 1 aromatic carbocycles. The molecule has 2 nitrogen and oxygen atoms in total. The number of ether oxygens (including phenoxy) is 1. The summed E-state index contributed by atoms with van der Waals surface area (Å²) >= 11 is 0. The van der Waals surface area contributed by atoms with E-state index in [9.17, 15) is 0 Å². The van der Waals surface area contributed by atoms with Gasteiger partial charge in [-0.15, -0.1) is 0 Å². The van der Waals surface area contributed by atoms with Gasteiger partial charge in [0.15, 0.2) is 0 Å². The highest BCUT2D eigenvalue weighted by Crippen LogP contribution is 2.11. The zero-order valence-corrected chi connectivity index (χ0v) is 13.0. The molecule has 0 atom stereocenters. The summed E-state index contributed by atoms with van der Waals surface area (Å²) in [7, 11) is 0.771. The molecule has 0 spiro atoms. The summed E-state index contributed by atoms with van der Waals surface area (Å²) in [5, 5.41) is 3.41. The van der Waals surface area contributed by atoms with Gasteiger partial charge in [-0.1, -0.05) is 43.9 Å². The van der Waals surface area contributed by atoms with Crippen molar-refractivity contribution in [3.63, 3.8) is 0 Å². The summed E-state index contributed by atoms with van der Waals surface area (Å²) in [6, 6.07) is 9.45. The molecule has 0 heterocycles. The second-order valence-corrected chi connectivity index (χ2v) is 11.2. The maximum Gasteiger partial charge on any atom is 0.118 e. The van der Waals surface area contributed by atoms with Crippen LogP contribution in [0.25, 0.3) is 0 Å². The van der Waals surface area contributed by atoms with Crippen LogP contribution in [0.4, 0.5) is 0 Å². The molecule has 0 bridgehead atoms. The van der Waals surface area contributed by atoms with Crippen molar-refractivity contribution in [2.24, 2.45) is 0 Å². The van der Waals surface area contributed by atoms with Crippen LogP contribution >= 0.6 is 0 Å². The van der Waals surface area contributed by atoms with Crippen LogP contribution in [0.15, 0.2) is 36.4 Å². The van der Waals surface area contributed by atoms with Gasteiger partial charge in [0, 0.05) is 21.2 Å². The molecule has 1 aromatic rings. The molecule has 0 aromatic heterocycles. The van der Waals surface area contributed by atoms with E-state index >= 15 is 0 Å². The SMILES string of the molecule is COc1ccc(CNC/C=C/C[Si](C)(C)C)cc1. The first-order valence-electron chi connectivity index (χ1n) is 6.50. The second kappa shape index (κ2) is 7.39. The number of rotatable bonds is 7. The molecule has 1 N–H and O–H groups in total. The number of allylic oxidation sites excluding steroid dienone is 1. The van der Waals surface area contributed by atoms with Crippen molar-refractivity contribution in [3.05, 3.63) is 42.0 Å². The third kappa shape index (κ3) is 6.62. The highest BCUT2D eigenvalue weighted by Gasteiger charge is 2.08. The van der Waals surface area contributed by atoms with Gasteiger partial charge in [0.1, 0.15) is 5.75 Å². The minimum absolute atomic E-state index is 0.904. The fourth-order valence-electron chi connectivity index (χ4n) is 1.56. The first kappa shape index (κ1) is 15.0. The number of benzene rings is 1. The minimum Gasteiger partial charge on any atom is -0.497 e. The Morgan fingerprint density at radius 3 is 2.33 bits per heavy atom. The Morgan fingerprint density at radius 2 is 1.78 bits per heavy atom. The van der Waals surface area contributed by atoms with Gasteiger partial charge in [-0.05, 0) is 23.7 Å². The van der Waals surface area contributed by atoms with Crippen LogP contribution in [0.3, 0.4) is 0 Å². The fourth-order valence-corrected chi connectivity index (χ4v) is 2.44. The lowest BCUT2D eigenvalue weighted by atomic mass is 10.2. The van der Waals surface area contributed by atoms with Gasteiger partial charge in [0.25, 0.3) is 0 Å². The smallest absolute Gasteiger partial charge is 0.118 e. The summed E-state index contributed by atoms with van der Waals surface area (Å²) in [6.07, 6.45) is 4.55. The number of hydrogen-bond donors (Lipinski definition) is 1. The molecule has 1 rings (SSSR count). The van der Waals surface area contributed by atoms with Gasteiger partial charge >= 0.3 is 0 Å². The summed E-state index contributed by atoms with van der Waals surface area (Å²) in [5.74, 6) is 0.911. The van der Waals surface area contributed by atoms with E-state index in [1.54, 1.807) is 7.11 Å². The van der Waals surface area contributed by atoms with Crippen LogP contribution in [0.1, 0.15) is 5.56 Å². The third-order valence-electron chi connectivity index (χ3n) is 2.65. The number of hydrogen-bond acceptors (Lipinski definition) is 2. The highest BCUT2D eigenvalue weighted by atomic mass is 28.3. The molecule has 0 unspecified atom stereocenters. The van der Waals surface area contributed by atoms with Crippen molar-refractivity contribution in [2.45, 2.75) is 32.2 Å². The molecule has 100 valence electrons. The van der Waals surface area contributed by atoms with Crippen molar-refractivity contribution in [1.82, 2.24) is 5.32 Å². The molecular weight excluding hydrogens is 238 g/mol. The molecule has 0 aliphatic rings. The predicted molar refractivity (Wildman–Crippen MR) is 82.0 cm³/mol. The first-order valence-corrected chi connectivity index (χ1v) is 10.2. The van der Waals surface area contributed by atoms with Crippen molar-refractivity contribution in [3.8, 4) is 5.75 Å². The van der Waals surface area contributed by atoms with E-state index in [-0.39, 0.29) is 0 Å². The lowest BCUT2D eigenvalue weighted by molar-refractivity contribution is 0.414. The molecule has 0 aliphatic carbocycles. The first-order chi connectivity index (χ1) is 8.51. The van der Waals surface area contributed by atoms with Gasteiger partial charge in [-0.2, -0.15) is 0 Å². The Balaban J connectivity index is 2.21. The topological polar surface area (TPSA) is 21.3 Å². The zero-order valence-electron chi connectivity index (χ0n) is 12.0. The third-order valence-corrected chi connectivity index (χ3v) is 4.11. The van der Waals surface area contributed by atoms with Crippen molar-refractivity contribution >= 4 is 8.07 Å². The van der Waals surface area contributed by atoms with Gasteiger partial charge < -0.3 is 10.1 Å². The molecule has 0 saturated carbocycles. The Hall–Kier alpha value is -1.06. The van der Waals surface area contributed by atoms with Crippen LogP contribution in [-0.2, 0) is 6.54 Å². The largest absolute Gasteiger partial charge is 0.497 e. The fraction of sp³-hybridized carbons (Fsp3) is 0.467. The lowest BCUT2D eigenvalue weighted by Gasteiger charge is -2.11. The molecule has 0 saturated heterocycles. The lowest BCUT2D eigenvalue weighted by Crippen LogP contribution is -2.18. The summed E-state index contributed by atoms with van der Waals surface area (Å²) < 4.78 is 5.13. The Bertz CT molecular complexity index is 365. The Morgan fingerprint density at radius 1 is 1.11 bits per heavy atom. The number of nitrogens with one attached hydrogen (secondary N) is 1. The molecule has 0 amide bonds. The minimum atomic E-state index is -0.920. The van der Waals surface area contributed by atoms with Gasteiger partial charge in [0.2, 0.25) is 0 Å². The van der Waals surface area contributed by atoms with Crippen LogP contribution < -0.4 is 10.1 Å². The van der Waals surface area contributed by atoms with Gasteiger partial charge in [-0.25, -0.2) is 0 Å². The van der Waals surface area contributed by atoms with E-state index in [0.29, 0.717) is 0 Å². The zero-order chi connectivity index (χ0) is 13.4. The average Bonchev–Trinajstić information content (AvgIpc) is 2.33. The molecule has 0 fully saturated rings. The van der Waals surface area contributed by atoms with Crippen LogP contribution in [0.2, 0.25) is 25.7 Å². The van der Waals surface area contributed by atoms with E-state index in [4.69, 9.17) is 4.74 Å². The highest BCUT2D eigenvalue weighted by molar-refractivity contribution is 6.76. The van der Waals surface area contributed by atoms with Gasteiger partial charge in [0.05, 0.1) is 7.11 Å². The van der Waals surface area contributed by atoms with Crippen molar-refractivity contribution in [1.29, 1.82) is 0 Å². The molecule has 18 heavy (non-hydrogen) atoms. The molecule has 0 aliphatic heterocycles. The van der Waals surface area contributed by atoms with E-state index in [1.165, 1.54) is 11.6 Å². The van der Waals surface area contributed by atoms with Crippen molar-refractivity contribution < 1.29 is 4.74 Å². The van der Waals surface area contributed by atoms with E-state index in [0.717, 1.165) is 18.8 Å². The van der Waals surface area contributed by atoms with E-state index in [2.05, 4.69) is 49.2 Å². The Kier molecular flexibility index (Phi) is 6.16. The maximum atomic E-state index is 5.13. The standard InChI is InChI=1S/C15H25NOSi/c1-17-15-9-7-14(8-10-15)13-16-11-5-6-12-18(2,3)4/h5-10,16H,11-13H2,1-4H3/b6-5+. The molecular formula is C15H25NOSi. The predicted octanol–water partition coefficient (Wildman–Crippen LogP) is 3.68. The summed E-state index contributed by atoms with van der Waals surface area (Å²) in [5.41, 5.74) is 1.29. The average molecular weight is 263 g/mol. The summed E-state index contributed by atoms with van der Waals surface area (Å²) in [4.78, 5) is 0. The van der Waals surface area contributed by atoms with E-state index in [1.807, 2.05) is 12.1 Å². The van der Waals surface area contributed by atoms with Crippen LogP contribution in [-0.4, -0.2) is 21.7 Å². The van der Waals surface area contributed by atoms with Crippen LogP contribution in [0, 0.1) is 0 Å². The maximum absolute atomic E-state index is 5.13. The summed E-state index contributed by atoms with van der Waals surface area (Å²) in [6.45, 7) is 9.02. The molecule has 0 radical (unpaired) electrons. The van der Waals surface area contributed by atoms with Gasteiger partial charge in [-0.3, -0.25) is 0 Å². The normalized spacial score (nSPS) is 12.0. The monoisotopic (exact) mass is 263 g/mol. The van der Waals surface area contributed by atoms with Crippen molar-refractivity contribution in [2.75, 3.05) is 13.7 Å². The van der Waals surface area contributed by atoms with Crippen LogP contribution in [0.5, 0.6) is 5.75 Å². The van der Waals surface area contributed by atoms with E-state index < -0.39 is 8.07 Å². The molecule has 3 heteroatoms. The second-order valence-electron chi connectivity index (χ2n) is 5.72.